The van der Waals surface area contributed by atoms with Gasteiger partial charge in [0.05, 0.1) is 6.10 Å². The highest BCUT2D eigenvalue weighted by Crippen LogP contribution is 2.54. The van der Waals surface area contributed by atoms with E-state index in [1.54, 1.807) is 0 Å². The quantitative estimate of drug-likeness (QED) is 0.759. The van der Waals surface area contributed by atoms with E-state index >= 15 is 0 Å². The van der Waals surface area contributed by atoms with Gasteiger partial charge in [0.15, 0.2) is 0 Å². The Balaban J connectivity index is 2.28. The Bertz CT molecular complexity index is 350. The molecule has 1 aliphatic carbocycles. The van der Waals surface area contributed by atoms with Crippen LogP contribution in [0.3, 0.4) is 0 Å². The second-order valence-corrected chi connectivity index (χ2v) is 4.90. The topological polar surface area (TPSA) is 20.2 Å². The van der Waals surface area contributed by atoms with Gasteiger partial charge in [-0.3, -0.25) is 0 Å². The lowest BCUT2D eigenvalue weighted by molar-refractivity contribution is 0.104. The van der Waals surface area contributed by atoms with E-state index in [1.165, 1.54) is 11.1 Å². The van der Waals surface area contributed by atoms with Gasteiger partial charge in [0.1, 0.15) is 0 Å². The first-order chi connectivity index (χ1) is 6.53. The van der Waals surface area contributed by atoms with Crippen molar-refractivity contribution < 1.29 is 5.11 Å². The Morgan fingerprint density at radius 2 is 1.86 bits per heavy atom. The number of benzene rings is 1. The first-order valence-electron chi connectivity index (χ1n) is 5.28. The van der Waals surface area contributed by atoms with Gasteiger partial charge in [-0.25, -0.2) is 0 Å². The summed E-state index contributed by atoms with van der Waals surface area (Å²) < 4.78 is 0. The molecule has 0 heterocycles. The predicted molar refractivity (Wildman–Crippen MR) is 58.2 cm³/mol. The largest absolute Gasteiger partial charge is 0.388 e. The molecule has 1 nitrogen and oxygen atoms in total. The van der Waals surface area contributed by atoms with Crippen LogP contribution < -0.4 is 0 Å². The molecule has 0 spiro atoms. The van der Waals surface area contributed by atoms with Crippen molar-refractivity contribution in [3.8, 4) is 0 Å². The van der Waals surface area contributed by atoms with Gasteiger partial charge < -0.3 is 5.11 Å². The molecule has 1 unspecified atom stereocenters. The highest BCUT2D eigenvalue weighted by atomic mass is 16.3. The first kappa shape index (κ1) is 9.72. The number of rotatable bonds is 2. The molecule has 14 heavy (non-hydrogen) atoms. The minimum absolute atomic E-state index is 0.154. The van der Waals surface area contributed by atoms with Crippen molar-refractivity contribution in [2.24, 2.45) is 5.41 Å². The molecule has 1 aliphatic rings. The van der Waals surface area contributed by atoms with E-state index in [2.05, 4.69) is 39.0 Å². The Labute approximate surface area is 85.8 Å². The van der Waals surface area contributed by atoms with Crippen LogP contribution in [0.25, 0.3) is 0 Å². The highest BCUT2D eigenvalue weighted by molar-refractivity contribution is 5.32. The molecule has 0 bridgehead atoms. The van der Waals surface area contributed by atoms with Crippen molar-refractivity contribution in [1.29, 1.82) is 0 Å². The van der Waals surface area contributed by atoms with Crippen molar-refractivity contribution in [2.75, 3.05) is 0 Å². The summed E-state index contributed by atoms with van der Waals surface area (Å²) in [7, 11) is 0. The summed E-state index contributed by atoms with van der Waals surface area (Å²) in [6, 6.07) is 6.26. The summed E-state index contributed by atoms with van der Waals surface area (Å²) in [6.07, 6.45) is 2.03. The third-order valence-electron chi connectivity index (χ3n) is 3.55. The van der Waals surface area contributed by atoms with E-state index < -0.39 is 0 Å². The number of aliphatic hydroxyl groups excluding tert-OH is 1. The molecule has 2 rings (SSSR count). The van der Waals surface area contributed by atoms with Gasteiger partial charge in [-0.2, -0.15) is 0 Å². The normalized spacial score (nSPS) is 20.6. The lowest BCUT2D eigenvalue weighted by Gasteiger charge is -2.18. The molecular formula is C13H18O. The van der Waals surface area contributed by atoms with Gasteiger partial charge in [0, 0.05) is 0 Å². The first-order valence-corrected chi connectivity index (χ1v) is 5.28. The molecule has 0 aromatic heterocycles. The maximum absolute atomic E-state index is 10.1. The second-order valence-electron chi connectivity index (χ2n) is 4.90. The monoisotopic (exact) mass is 190 g/mol. The van der Waals surface area contributed by atoms with E-state index in [4.69, 9.17) is 0 Å². The molecule has 0 radical (unpaired) electrons. The standard InChI is InChI=1S/C13H18O/c1-9-4-5-11(8-10(9)2)12(14)13(3)6-7-13/h4-5,8,12,14H,6-7H2,1-3H3. The van der Waals surface area contributed by atoms with Crippen LogP contribution in [0.5, 0.6) is 0 Å². The number of aliphatic hydroxyl groups is 1. The van der Waals surface area contributed by atoms with Crippen LogP contribution in [0.2, 0.25) is 0 Å². The molecule has 1 aromatic carbocycles. The molecular weight excluding hydrogens is 172 g/mol. The lowest BCUT2D eigenvalue weighted by Crippen LogP contribution is -2.09. The van der Waals surface area contributed by atoms with Crippen LogP contribution in [-0.2, 0) is 0 Å². The molecule has 0 aliphatic heterocycles. The van der Waals surface area contributed by atoms with Crippen molar-refractivity contribution in [3.05, 3.63) is 34.9 Å². The Hall–Kier alpha value is -0.820. The lowest BCUT2D eigenvalue weighted by atomic mass is 9.93. The Morgan fingerprint density at radius 3 is 2.36 bits per heavy atom. The molecule has 1 atom stereocenters. The van der Waals surface area contributed by atoms with Crippen LogP contribution in [0.4, 0.5) is 0 Å². The molecule has 1 N–H and O–H groups in total. The predicted octanol–water partition coefficient (Wildman–Crippen LogP) is 3.14. The fourth-order valence-electron chi connectivity index (χ4n) is 1.81. The Morgan fingerprint density at radius 1 is 1.21 bits per heavy atom. The van der Waals surface area contributed by atoms with Crippen molar-refractivity contribution in [3.63, 3.8) is 0 Å². The minimum atomic E-state index is -0.276. The summed E-state index contributed by atoms with van der Waals surface area (Å²) in [4.78, 5) is 0. The van der Waals surface area contributed by atoms with Crippen molar-refractivity contribution in [1.82, 2.24) is 0 Å². The number of hydrogen-bond acceptors (Lipinski definition) is 1. The van der Waals surface area contributed by atoms with Gasteiger partial charge in [-0.15, -0.1) is 0 Å². The van der Waals surface area contributed by atoms with E-state index in [9.17, 15) is 5.11 Å². The highest BCUT2D eigenvalue weighted by Gasteiger charge is 2.44. The van der Waals surface area contributed by atoms with Gasteiger partial charge in [-0.05, 0) is 48.8 Å². The average Bonchev–Trinajstić information content (AvgIpc) is 2.89. The molecule has 0 amide bonds. The van der Waals surface area contributed by atoms with E-state index in [0.717, 1.165) is 18.4 Å². The number of hydrogen-bond donors (Lipinski definition) is 1. The van der Waals surface area contributed by atoms with Crippen LogP contribution in [-0.4, -0.2) is 5.11 Å². The van der Waals surface area contributed by atoms with Gasteiger partial charge >= 0.3 is 0 Å². The molecule has 1 fully saturated rings. The van der Waals surface area contributed by atoms with E-state index in [-0.39, 0.29) is 11.5 Å². The molecule has 1 heteroatoms. The SMILES string of the molecule is Cc1ccc(C(O)C2(C)CC2)cc1C. The third-order valence-corrected chi connectivity index (χ3v) is 3.55. The van der Waals surface area contributed by atoms with E-state index in [1.807, 2.05) is 0 Å². The van der Waals surface area contributed by atoms with Gasteiger partial charge in [0.25, 0.3) is 0 Å². The van der Waals surface area contributed by atoms with Crippen LogP contribution in [0.15, 0.2) is 18.2 Å². The number of aryl methyl sites for hydroxylation is 2. The van der Waals surface area contributed by atoms with E-state index in [0.29, 0.717) is 0 Å². The van der Waals surface area contributed by atoms with Gasteiger partial charge in [-0.1, -0.05) is 25.1 Å². The zero-order valence-corrected chi connectivity index (χ0v) is 9.17. The fourth-order valence-corrected chi connectivity index (χ4v) is 1.81. The zero-order valence-electron chi connectivity index (χ0n) is 9.17. The minimum Gasteiger partial charge on any atom is -0.388 e. The van der Waals surface area contributed by atoms with Crippen molar-refractivity contribution in [2.45, 2.75) is 39.7 Å². The van der Waals surface area contributed by atoms with Crippen LogP contribution in [0.1, 0.15) is 42.6 Å². The smallest absolute Gasteiger partial charge is 0.0843 e. The van der Waals surface area contributed by atoms with Crippen molar-refractivity contribution >= 4 is 0 Å². The summed E-state index contributed by atoms with van der Waals surface area (Å²) in [6.45, 7) is 6.36. The summed E-state index contributed by atoms with van der Waals surface area (Å²) in [5.74, 6) is 0. The summed E-state index contributed by atoms with van der Waals surface area (Å²) in [5, 5.41) is 10.1. The summed E-state index contributed by atoms with van der Waals surface area (Å²) in [5.41, 5.74) is 3.79. The summed E-state index contributed by atoms with van der Waals surface area (Å²) >= 11 is 0. The maximum Gasteiger partial charge on any atom is 0.0843 e. The molecule has 76 valence electrons. The van der Waals surface area contributed by atoms with Crippen LogP contribution >= 0.6 is 0 Å². The van der Waals surface area contributed by atoms with Gasteiger partial charge in [0.2, 0.25) is 0 Å². The molecule has 1 aromatic rings. The zero-order chi connectivity index (χ0) is 10.3. The van der Waals surface area contributed by atoms with Crippen LogP contribution in [0, 0.1) is 19.3 Å². The maximum atomic E-state index is 10.1. The second kappa shape index (κ2) is 3.09. The Kier molecular flexibility index (Phi) is 2.15. The molecule has 0 saturated heterocycles. The molecule has 1 saturated carbocycles. The average molecular weight is 190 g/mol. The third kappa shape index (κ3) is 1.57. The fraction of sp³-hybridized carbons (Fsp3) is 0.538.